The lowest BCUT2D eigenvalue weighted by Gasteiger charge is -2.37. The average molecular weight is 275 g/mol. The third-order valence-corrected chi connectivity index (χ3v) is 5.93. The minimum atomic E-state index is -3.36. The first-order chi connectivity index (χ1) is 7.81. The smallest absolute Gasteiger partial charge is 0.254 e. The van der Waals surface area contributed by atoms with E-state index < -0.39 is 10.0 Å². The maximum Gasteiger partial charge on any atom is 0.254 e. The second kappa shape index (κ2) is 4.31. The van der Waals surface area contributed by atoms with Crippen LogP contribution in [0.25, 0.3) is 0 Å². The molecule has 0 aliphatic carbocycles. The zero-order chi connectivity index (χ0) is 12.7. The summed E-state index contributed by atoms with van der Waals surface area (Å²) in [5.74, 6) is 0. The van der Waals surface area contributed by atoms with E-state index in [0.29, 0.717) is 23.8 Å². The Bertz CT molecular complexity index is 507. The molecule has 0 saturated carbocycles. The quantitative estimate of drug-likeness (QED) is 0.868. The Labute approximate surface area is 106 Å². The highest BCUT2D eigenvalue weighted by atomic mass is 32.2. The van der Waals surface area contributed by atoms with Gasteiger partial charge in [-0.3, -0.25) is 0 Å². The molecule has 0 atom stereocenters. The Morgan fingerprint density at radius 1 is 1.53 bits per heavy atom. The molecule has 1 aromatic heterocycles. The Hall–Kier alpha value is -0.500. The molecule has 1 aliphatic rings. The first kappa shape index (κ1) is 12.9. The van der Waals surface area contributed by atoms with Crippen LogP contribution in [0.15, 0.2) is 10.4 Å². The van der Waals surface area contributed by atoms with Gasteiger partial charge >= 0.3 is 0 Å². The van der Waals surface area contributed by atoms with E-state index in [1.807, 2.05) is 20.8 Å². The van der Waals surface area contributed by atoms with Gasteiger partial charge in [0.05, 0.1) is 11.2 Å². The summed E-state index contributed by atoms with van der Waals surface area (Å²) in [7, 11) is -3.36. The van der Waals surface area contributed by atoms with Crippen LogP contribution in [0, 0.1) is 6.92 Å². The van der Waals surface area contributed by atoms with Crippen molar-refractivity contribution in [1.82, 2.24) is 14.6 Å². The van der Waals surface area contributed by atoms with Crippen molar-refractivity contribution in [3.63, 3.8) is 0 Å². The number of hydrogen-bond donors (Lipinski definition) is 1. The van der Waals surface area contributed by atoms with Crippen LogP contribution in [-0.4, -0.2) is 42.9 Å². The normalized spacial score (nSPS) is 21.6. The number of rotatable bonds is 2. The fourth-order valence-electron chi connectivity index (χ4n) is 1.89. The highest BCUT2D eigenvalue weighted by molar-refractivity contribution is 7.91. The molecule has 7 heteroatoms. The molecular formula is C10H17N3O2S2. The van der Waals surface area contributed by atoms with Crippen molar-refractivity contribution in [2.24, 2.45) is 0 Å². The molecule has 1 aromatic rings. The molecule has 0 bridgehead atoms. The van der Waals surface area contributed by atoms with Gasteiger partial charge in [-0.25, -0.2) is 13.4 Å². The molecule has 96 valence electrons. The van der Waals surface area contributed by atoms with Crippen LogP contribution >= 0.6 is 11.3 Å². The van der Waals surface area contributed by atoms with Gasteiger partial charge in [-0.1, -0.05) is 0 Å². The molecule has 0 aromatic carbocycles. The van der Waals surface area contributed by atoms with Crippen LogP contribution < -0.4 is 5.32 Å². The van der Waals surface area contributed by atoms with Crippen molar-refractivity contribution >= 4 is 21.4 Å². The van der Waals surface area contributed by atoms with Crippen molar-refractivity contribution in [3.8, 4) is 0 Å². The lowest BCUT2D eigenvalue weighted by molar-refractivity contribution is 0.234. The van der Waals surface area contributed by atoms with Gasteiger partial charge in [-0.15, -0.1) is 11.3 Å². The van der Waals surface area contributed by atoms with Crippen molar-refractivity contribution in [2.75, 3.05) is 19.6 Å². The third kappa shape index (κ3) is 2.67. The number of aryl methyl sites for hydroxylation is 1. The summed E-state index contributed by atoms with van der Waals surface area (Å²) in [4.78, 5) is 4.01. The van der Waals surface area contributed by atoms with Crippen molar-refractivity contribution < 1.29 is 8.42 Å². The van der Waals surface area contributed by atoms with Gasteiger partial charge in [0, 0.05) is 25.2 Å². The molecule has 2 rings (SSSR count). The van der Waals surface area contributed by atoms with E-state index in [4.69, 9.17) is 0 Å². The summed E-state index contributed by atoms with van der Waals surface area (Å²) in [6.07, 6.45) is 1.45. The maximum absolute atomic E-state index is 12.4. The van der Waals surface area contributed by atoms with Crippen molar-refractivity contribution in [3.05, 3.63) is 11.2 Å². The molecule has 1 aliphatic heterocycles. The lowest BCUT2D eigenvalue weighted by Crippen LogP contribution is -2.58. The Morgan fingerprint density at radius 3 is 2.76 bits per heavy atom. The summed E-state index contributed by atoms with van der Waals surface area (Å²) >= 11 is 1.23. The number of nitrogens with zero attached hydrogens (tertiary/aromatic N) is 2. The largest absolute Gasteiger partial charge is 0.309 e. The monoisotopic (exact) mass is 275 g/mol. The first-order valence-corrected chi connectivity index (χ1v) is 7.74. The number of nitrogens with one attached hydrogen (secondary N) is 1. The van der Waals surface area contributed by atoms with Crippen LogP contribution in [-0.2, 0) is 10.0 Å². The molecule has 1 saturated heterocycles. The number of piperazine rings is 1. The van der Waals surface area contributed by atoms with Crippen molar-refractivity contribution in [1.29, 1.82) is 0 Å². The van der Waals surface area contributed by atoms with Crippen LogP contribution in [0.1, 0.15) is 18.9 Å². The van der Waals surface area contributed by atoms with Gasteiger partial charge < -0.3 is 5.32 Å². The molecule has 2 heterocycles. The van der Waals surface area contributed by atoms with Crippen LogP contribution in [0.3, 0.4) is 0 Å². The van der Waals surface area contributed by atoms with Crippen LogP contribution in [0.5, 0.6) is 0 Å². The number of thiazole rings is 1. The maximum atomic E-state index is 12.4. The average Bonchev–Trinajstić information content (AvgIpc) is 2.64. The Balaban J connectivity index is 2.27. The molecule has 5 nitrogen and oxygen atoms in total. The summed E-state index contributed by atoms with van der Waals surface area (Å²) < 4.78 is 26.6. The van der Waals surface area contributed by atoms with Crippen LogP contribution in [0.4, 0.5) is 0 Å². The minimum Gasteiger partial charge on any atom is -0.309 e. The van der Waals surface area contributed by atoms with Gasteiger partial charge in [-0.05, 0) is 20.8 Å². The number of hydrogen-bond acceptors (Lipinski definition) is 5. The van der Waals surface area contributed by atoms with Gasteiger partial charge in [0.25, 0.3) is 10.0 Å². The fraction of sp³-hybridized carbons (Fsp3) is 0.700. The molecule has 0 unspecified atom stereocenters. The Kier molecular flexibility index (Phi) is 3.28. The number of sulfonamides is 1. The second-order valence-corrected chi connectivity index (χ2v) is 8.25. The summed E-state index contributed by atoms with van der Waals surface area (Å²) in [5, 5.41) is 4.07. The summed E-state index contributed by atoms with van der Waals surface area (Å²) in [6.45, 7) is 7.52. The van der Waals surface area contributed by atoms with Gasteiger partial charge in [0.1, 0.15) is 0 Å². The predicted octanol–water partition coefficient (Wildman–Crippen LogP) is 0.824. The number of aromatic nitrogens is 1. The first-order valence-electron chi connectivity index (χ1n) is 5.49. The standard InChI is InChI=1S/C10H17N3O2S2/c1-8-11-6-9(16-8)17(14,15)13-5-4-12-10(2,3)7-13/h6,12H,4-5,7H2,1-3H3. The second-order valence-electron chi connectivity index (χ2n) is 4.85. The highest BCUT2D eigenvalue weighted by Crippen LogP contribution is 2.24. The fourth-order valence-corrected chi connectivity index (χ4v) is 4.75. The van der Waals surface area contributed by atoms with E-state index in [2.05, 4.69) is 10.3 Å². The zero-order valence-electron chi connectivity index (χ0n) is 10.2. The molecule has 0 spiro atoms. The van der Waals surface area contributed by atoms with E-state index in [0.717, 1.165) is 5.01 Å². The van der Waals surface area contributed by atoms with E-state index in [1.165, 1.54) is 21.8 Å². The highest BCUT2D eigenvalue weighted by Gasteiger charge is 2.34. The van der Waals surface area contributed by atoms with Crippen molar-refractivity contribution in [2.45, 2.75) is 30.5 Å². The zero-order valence-corrected chi connectivity index (χ0v) is 11.9. The SMILES string of the molecule is Cc1ncc(S(=O)(=O)N2CCNC(C)(C)C2)s1. The van der Waals surface area contributed by atoms with Gasteiger partial charge in [0.15, 0.2) is 4.21 Å². The van der Waals surface area contributed by atoms with E-state index in [-0.39, 0.29) is 5.54 Å². The summed E-state index contributed by atoms with van der Waals surface area (Å²) in [5.41, 5.74) is -0.176. The molecule has 0 radical (unpaired) electrons. The molecular weight excluding hydrogens is 258 g/mol. The topological polar surface area (TPSA) is 62.3 Å². The lowest BCUT2D eigenvalue weighted by atomic mass is 10.0. The van der Waals surface area contributed by atoms with Crippen LogP contribution in [0.2, 0.25) is 0 Å². The Morgan fingerprint density at radius 2 is 2.24 bits per heavy atom. The minimum absolute atomic E-state index is 0.176. The van der Waals surface area contributed by atoms with Gasteiger partial charge in [-0.2, -0.15) is 4.31 Å². The third-order valence-electron chi connectivity index (χ3n) is 2.73. The van der Waals surface area contributed by atoms with E-state index in [1.54, 1.807) is 0 Å². The molecule has 1 N–H and O–H groups in total. The predicted molar refractivity (Wildman–Crippen MR) is 67.7 cm³/mol. The summed E-state index contributed by atoms with van der Waals surface area (Å²) in [6, 6.07) is 0. The molecule has 0 amide bonds. The van der Waals surface area contributed by atoms with E-state index in [9.17, 15) is 8.42 Å². The molecule has 1 fully saturated rings. The van der Waals surface area contributed by atoms with E-state index >= 15 is 0 Å². The molecule has 17 heavy (non-hydrogen) atoms. The van der Waals surface area contributed by atoms with Gasteiger partial charge in [0.2, 0.25) is 0 Å².